The molecular formula is C9H16O5S2. The lowest BCUT2D eigenvalue weighted by molar-refractivity contribution is -0.148. The number of hydrogen-bond acceptors (Lipinski definition) is 5. The minimum atomic E-state index is -2.90. The van der Waals surface area contributed by atoms with Crippen LogP contribution in [0.3, 0.4) is 0 Å². The molecule has 0 amide bonds. The summed E-state index contributed by atoms with van der Waals surface area (Å²) in [7, 11) is -2.90. The second kappa shape index (κ2) is 5.88. The van der Waals surface area contributed by atoms with Crippen LogP contribution in [0, 0.1) is 0 Å². The standard InChI is InChI=1S/C9H16O5S2/c1-16(12,13)5-4-15-6-7-2-3-8(14-7)9(10)11/h7-8H,2-6H2,1H3,(H,10,11). The summed E-state index contributed by atoms with van der Waals surface area (Å²) in [5.41, 5.74) is 0. The molecule has 1 rings (SSSR count). The summed E-state index contributed by atoms with van der Waals surface area (Å²) in [4.78, 5) is 10.6. The molecule has 2 atom stereocenters. The van der Waals surface area contributed by atoms with Crippen molar-refractivity contribution in [1.29, 1.82) is 0 Å². The van der Waals surface area contributed by atoms with E-state index < -0.39 is 21.9 Å². The molecule has 0 spiro atoms. The monoisotopic (exact) mass is 268 g/mol. The number of thioether (sulfide) groups is 1. The van der Waals surface area contributed by atoms with Crippen LogP contribution in [-0.4, -0.2) is 55.2 Å². The average molecular weight is 268 g/mol. The maximum Gasteiger partial charge on any atom is 0.332 e. The van der Waals surface area contributed by atoms with Crippen molar-refractivity contribution in [3.63, 3.8) is 0 Å². The average Bonchev–Trinajstić information content (AvgIpc) is 2.59. The van der Waals surface area contributed by atoms with E-state index in [1.54, 1.807) is 0 Å². The fourth-order valence-electron chi connectivity index (χ4n) is 1.44. The zero-order valence-corrected chi connectivity index (χ0v) is 10.7. The third-order valence-electron chi connectivity index (χ3n) is 2.29. The molecule has 94 valence electrons. The first kappa shape index (κ1) is 13.8. The minimum Gasteiger partial charge on any atom is -0.479 e. The Kier molecular flexibility index (Phi) is 5.07. The molecule has 0 aromatic heterocycles. The van der Waals surface area contributed by atoms with Crippen LogP contribution in [0.5, 0.6) is 0 Å². The van der Waals surface area contributed by atoms with E-state index in [4.69, 9.17) is 9.84 Å². The van der Waals surface area contributed by atoms with Gasteiger partial charge in [0.25, 0.3) is 0 Å². The Morgan fingerprint density at radius 3 is 2.69 bits per heavy atom. The fourth-order valence-corrected chi connectivity index (χ4v) is 3.79. The Balaban J connectivity index is 2.14. The molecule has 0 radical (unpaired) electrons. The zero-order valence-electron chi connectivity index (χ0n) is 9.09. The zero-order chi connectivity index (χ0) is 12.2. The first-order valence-electron chi connectivity index (χ1n) is 5.02. The number of carbonyl (C=O) groups is 1. The molecule has 1 aliphatic heterocycles. The van der Waals surface area contributed by atoms with Gasteiger partial charge in [0.15, 0.2) is 6.10 Å². The molecular weight excluding hydrogens is 252 g/mol. The van der Waals surface area contributed by atoms with E-state index >= 15 is 0 Å². The Morgan fingerprint density at radius 1 is 1.50 bits per heavy atom. The third-order valence-corrected chi connectivity index (χ3v) is 4.59. The maximum absolute atomic E-state index is 10.8. The van der Waals surface area contributed by atoms with Crippen LogP contribution >= 0.6 is 11.8 Å². The van der Waals surface area contributed by atoms with Gasteiger partial charge in [-0.3, -0.25) is 0 Å². The number of rotatable bonds is 6. The molecule has 0 bridgehead atoms. The van der Waals surface area contributed by atoms with Crippen molar-refractivity contribution in [3.8, 4) is 0 Å². The number of carboxylic acid groups (broad SMARTS) is 1. The van der Waals surface area contributed by atoms with Crippen LogP contribution in [-0.2, 0) is 19.4 Å². The van der Waals surface area contributed by atoms with Gasteiger partial charge >= 0.3 is 5.97 Å². The number of aliphatic carboxylic acids is 1. The lowest BCUT2D eigenvalue weighted by atomic mass is 10.2. The molecule has 2 unspecified atom stereocenters. The fraction of sp³-hybridized carbons (Fsp3) is 0.889. The van der Waals surface area contributed by atoms with Gasteiger partial charge in [-0.15, -0.1) is 0 Å². The van der Waals surface area contributed by atoms with E-state index in [1.807, 2.05) is 0 Å². The molecule has 7 heteroatoms. The van der Waals surface area contributed by atoms with E-state index in [0.717, 1.165) is 6.42 Å². The molecule has 1 N–H and O–H groups in total. The van der Waals surface area contributed by atoms with Gasteiger partial charge in [0, 0.05) is 17.8 Å². The minimum absolute atomic E-state index is 0.0503. The summed E-state index contributed by atoms with van der Waals surface area (Å²) >= 11 is 1.49. The lowest BCUT2D eigenvalue weighted by Crippen LogP contribution is -2.21. The second-order valence-corrected chi connectivity index (χ2v) is 7.28. The smallest absolute Gasteiger partial charge is 0.332 e. The lowest BCUT2D eigenvalue weighted by Gasteiger charge is -2.10. The summed E-state index contributed by atoms with van der Waals surface area (Å²) in [5, 5.41) is 8.70. The largest absolute Gasteiger partial charge is 0.479 e. The SMILES string of the molecule is CS(=O)(=O)CCSCC1CCC(C(=O)O)O1. The van der Waals surface area contributed by atoms with Crippen molar-refractivity contribution >= 4 is 27.6 Å². The van der Waals surface area contributed by atoms with Crippen molar-refractivity contribution in [2.75, 3.05) is 23.5 Å². The summed E-state index contributed by atoms with van der Waals surface area (Å²) < 4.78 is 27.0. The second-order valence-electron chi connectivity index (χ2n) is 3.87. The van der Waals surface area contributed by atoms with Gasteiger partial charge in [-0.05, 0) is 12.8 Å². The van der Waals surface area contributed by atoms with Gasteiger partial charge in [0.05, 0.1) is 11.9 Å². The Morgan fingerprint density at radius 2 is 2.19 bits per heavy atom. The molecule has 0 aliphatic carbocycles. The summed E-state index contributed by atoms with van der Waals surface area (Å²) in [5.74, 6) is 0.450. The normalized spacial score (nSPS) is 25.8. The first-order chi connectivity index (χ1) is 7.38. The predicted molar refractivity (Wildman–Crippen MR) is 62.6 cm³/mol. The number of hydrogen-bond donors (Lipinski definition) is 1. The van der Waals surface area contributed by atoms with Gasteiger partial charge in [-0.1, -0.05) is 0 Å². The molecule has 0 aromatic rings. The summed E-state index contributed by atoms with van der Waals surface area (Å²) in [6.45, 7) is 0. The first-order valence-corrected chi connectivity index (χ1v) is 8.24. The molecule has 5 nitrogen and oxygen atoms in total. The highest BCUT2D eigenvalue weighted by Crippen LogP contribution is 2.22. The Bertz CT molecular complexity index is 338. The molecule has 1 fully saturated rings. The van der Waals surface area contributed by atoms with Crippen molar-refractivity contribution in [2.24, 2.45) is 0 Å². The van der Waals surface area contributed by atoms with Crippen LogP contribution in [0.1, 0.15) is 12.8 Å². The number of ether oxygens (including phenoxy) is 1. The van der Waals surface area contributed by atoms with Crippen molar-refractivity contribution in [3.05, 3.63) is 0 Å². The maximum atomic E-state index is 10.8. The Labute approximate surface area is 99.5 Å². The van der Waals surface area contributed by atoms with E-state index in [9.17, 15) is 13.2 Å². The van der Waals surface area contributed by atoms with Crippen molar-refractivity contribution < 1.29 is 23.1 Å². The van der Waals surface area contributed by atoms with E-state index in [1.165, 1.54) is 18.0 Å². The highest BCUT2D eigenvalue weighted by Gasteiger charge is 2.30. The van der Waals surface area contributed by atoms with E-state index in [0.29, 0.717) is 17.9 Å². The topological polar surface area (TPSA) is 80.7 Å². The predicted octanol–water partition coefficient (Wildman–Crippen LogP) is 0.396. The van der Waals surface area contributed by atoms with Gasteiger partial charge in [0.2, 0.25) is 0 Å². The molecule has 1 heterocycles. The molecule has 1 aliphatic rings. The summed E-state index contributed by atoms with van der Waals surface area (Å²) in [6.07, 6.45) is 1.77. The molecule has 16 heavy (non-hydrogen) atoms. The van der Waals surface area contributed by atoms with E-state index in [-0.39, 0.29) is 11.9 Å². The van der Waals surface area contributed by atoms with Gasteiger partial charge in [-0.2, -0.15) is 11.8 Å². The van der Waals surface area contributed by atoms with Crippen LogP contribution in [0.2, 0.25) is 0 Å². The van der Waals surface area contributed by atoms with Crippen LogP contribution in [0.25, 0.3) is 0 Å². The molecule has 1 saturated heterocycles. The van der Waals surface area contributed by atoms with Gasteiger partial charge in [-0.25, -0.2) is 13.2 Å². The van der Waals surface area contributed by atoms with Gasteiger partial charge in [0.1, 0.15) is 9.84 Å². The Hall–Kier alpha value is -0.270. The molecule has 0 aromatic carbocycles. The highest BCUT2D eigenvalue weighted by atomic mass is 32.2. The van der Waals surface area contributed by atoms with Crippen LogP contribution in [0.4, 0.5) is 0 Å². The van der Waals surface area contributed by atoms with E-state index in [2.05, 4.69) is 0 Å². The quantitative estimate of drug-likeness (QED) is 0.702. The molecule has 0 saturated carbocycles. The number of carboxylic acids is 1. The summed E-state index contributed by atoms with van der Waals surface area (Å²) in [6, 6.07) is 0. The van der Waals surface area contributed by atoms with Crippen molar-refractivity contribution in [1.82, 2.24) is 0 Å². The van der Waals surface area contributed by atoms with Crippen molar-refractivity contribution in [2.45, 2.75) is 25.0 Å². The van der Waals surface area contributed by atoms with Crippen LogP contribution in [0.15, 0.2) is 0 Å². The van der Waals surface area contributed by atoms with Crippen LogP contribution < -0.4 is 0 Å². The van der Waals surface area contributed by atoms with Gasteiger partial charge < -0.3 is 9.84 Å². The number of sulfone groups is 1. The third kappa shape index (κ3) is 5.18. The highest BCUT2D eigenvalue weighted by molar-refractivity contribution is 8.00.